The summed E-state index contributed by atoms with van der Waals surface area (Å²) in [6, 6.07) is 6.74. The molecule has 10 nitrogen and oxygen atoms in total. The molecular formula is C26H28F2N6O4. The van der Waals surface area contributed by atoms with E-state index in [4.69, 9.17) is 9.84 Å². The number of anilines is 1. The zero-order chi connectivity index (χ0) is 27.0. The maximum atomic E-state index is 14.7. The Bertz CT molecular complexity index is 1360. The van der Waals surface area contributed by atoms with Gasteiger partial charge in [-0.1, -0.05) is 0 Å². The Morgan fingerprint density at radius 2 is 2.05 bits per heavy atom. The van der Waals surface area contributed by atoms with Crippen molar-refractivity contribution in [3.63, 3.8) is 0 Å². The van der Waals surface area contributed by atoms with E-state index in [1.165, 1.54) is 6.33 Å². The smallest absolute Gasteiger partial charge is 0.301 e. The van der Waals surface area contributed by atoms with E-state index < -0.39 is 31.1 Å². The topological polar surface area (TPSA) is 122 Å². The van der Waals surface area contributed by atoms with Gasteiger partial charge in [0.25, 0.3) is 0 Å². The number of rotatable bonds is 7. The van der Waals surface area contributed by atoms with E-state index in [1.54, 1.807) is 37.4 Å². The van der Waals surface area contributed by atoms with E-state index >= 15 is 0 Å². The van der Waals surface area contributed by atoms with Crippen LogP contribution in [-0.4, -0.2) is 73.1 Å². The molecule has 200 valence electrons. The number of aromatic nitrogens is 4. The number of aliphatic hydroxyl groups is 1. The molecule has 0 unspecified atom stereocenters. The highest BCUT2D eigenvalue weighted by Gasteiger charge is 2.48. The van der Waals surface area contributed by atoms with Crippen molar-refractivity contribution >= 4 is 17.6 Å². The zero-order valence-corrected chi connectivity index (χ0v) is 21.0. The van der Waals surface area contributed by atoms with Gasteiger partial charge < -0.3 is 24.6 Å². The number of nitrogens with one attached hydrogen (secondary N) is 1. The van der Waals surface area contributed by atoms with Gasteiger partial charge in [-0.15, -0.1) is 0 Å². The Hall–Kier alpha value is -3.93. The summed E-state index contributed by atoms with van der Waals surface area (Å²) in [4.78, 5) is 38.1. The lowest BCUT2D eigenvalue weighted by atomic mass is 10.0. The molecule has 1 aliphatic heterocycles. The molecule has 2 aliphatic rings. The molecule has 1 aliphatic carbocycles. The number of aliphatic hydroxyl groups excluding tert-OH is 1. The average Bonchev–Trinajstić information content (AvgIpc) is 3.58. The minimum Gasteiger partial charge on any atom is -0.484 e. The quantitative estimate of drug-likeness (QED) is 0.485. The molecule has 12 heteroatoms. The molecule has 1 saturated carbocycles. The van der Waals surface area contributed by atoms with Gasteiger partial charge in [0.2, 0.25) is 11.8 Å². The third-order valence-electron chi connectivity index (χ3n) is 7.00. The summed E-state index contributed by atoms with van der Waals surface area (Å²) in [5.41, 5.74) is 1.90. The number of amides is 2. The first-order valence-electron chi connectivity index (χ1n) is 12.3. The molecule has 0 radical (unpaired) electrons. The van der Waals surface area contributed by atoms with Gasteiger partial charge in [-0.3, -0.25) is 9.59 Å². The van der Waals surface area contributed by atoms with E-state index in [2.05, 4.69) is 20.3 Å². The van der Waals surface area contributed by atoms with Crippen molar-refractivity contribution in [2.45, 2.75) is 37.7 Å². The summed E-state index contributed by atoms with van der Waals surface area (Å²) in [6.07, 6.45) is 4.20. The number of aryl methyl sites for hydroxylation is 2. The lowest BCUT2D eigenvalue weighted by Crippen LogP contribution is -2.55. The number of imidazole rings is 1. The standard InChI is InChI=1S/C26H28F2N6O4/c1-15-9-16(3-4-20(15)38-21-5-7-34(23(36)12-35)13-26(21,27)28)19-11-22(31-14-30-19)32-25(37)18-10-17(18)24-29-6-8-33(24)2/h3-4,6,8-9,11,14,17-18,21,35H,5,7,10,12-13H2,1-2H3,(H,30,31,32,37)/t17-,18-,21+/m1/s1. The lowest BCUT2D eigenvalue weighted by Gasteiger charge is -2.38. The molecule has 1 saturated heterocycles. The third-order valence-corrected chi connectivity index (χ3v) is 7.00. The van der Waals surface area contributed by atoms with Crippen LogP contribution in [0.25, 0.3) is 11.3 Å². The Morgan fingerprint density at radius 3 is 2.74 bits per heavy atom. The molecular weight excluding hydrogens is 498 g/mol. The van der Waals surface area contributed by atoms with E-state index in [9.17, 15) is 18.4 Å². The van der Waals surface area contributed by atoms with Crippen LogP contribution in [0.3, 0.4) is 0 Å². The number of piperidine rings is 1. The van der Waals surface area contributed by atoms with Crippen molar-refractivity contribution in [2.24, 2.45) is 13.0 Å². The maximum absolute atomic E-state index is 14.7. The van der Waals surface area contributed by atoms with Crippen molar-refractivity contribution < 1.29 is 28.2 Å². The van der Waals surface area contributed by atoms with Crippen molar-refractivity contribution in [1.82, 2.24) is 24.4 Å². The largest absolute Gasteiger partial charge is 0.484 e. The second kappa shape index (κ2) is 10.1. The molecule has 1 aromatic carbocycles. The van der Waals surface area contributed by atoms with Crippen LogP contribution >= 0.6 is 0 Å². The van der Waals surface area contributed by atoms with Gasteiger partial charge in [0.15, 0.2) is 6.10 Å². The van der Waals surface area contributed by atoms with Gasteiger partial charge in [0.1, 0.15) is 30.3 Å². The molecule has 3 heterocycles. The number of carbonyl (C=O) groups excluding carboxylic acids is 2. The molecule has 5 rings (SSSR count). The van der Waals surface area contributed by atoms with Crippen LogP contribution in [-0.2, 0) is 16.6 Å². The van der Waals surface area contributed by atoms with Gasteiger partial charge in [0, 0.05) is 55.9 Å². The first-order valence-corrected chi connectivity index (χ1v) is 12.3. The monoisotopic (exact) mass is 526 g/mol. The number of carbonyl (C=O) groups is 2. The Morgan fingerprint density at radius 1 is 1.24 bits per heavy atom. The molecule has 3 aromatic rings. The molecule has 2 N–H and O–H groups in total. The minimum absolute atomic E-state index is 0.0586. The summed E-state index contributed by atoms with van der Waals surface area (Å²) >= 11 is 0. The fourth-order valence-electron chi connectivity index (χ4n) is 4.78. The zero-order valence-electron chi connectivity index (χ0n) is 21.0. The van der Waals surface area contributed by atoms with E-state index in [-0.39, 0.29) is 30.7 Å². The highest BCUT2D eigenvalue weighted by molar-refractivity contribution is 5.94. The lowest BCUT2D eigenvalue weighted by molar-refractivity contribution is -0.161. The van der Waals surface area contributed by atoms with Crippen LogP contribution in [0.15, 0.2) is 43.0 Å². The molecule has 2 amide bonds. The van der Waals surface area contributed by atoms with Gasteiger partial charge >= 0.3 is 5.92 Å². The predicted molar refractivity (Wildman–Crippen MR) is 133 cm³/mol. The Balaban J connectivity index is 1.24. The second-order valence-corrected chi connectivity index (χ2v) is 9.73. The molecule has 38 heavy (non-hydrogen) atoms. The van der Waals surface area contributed by atoms with Crippen molar-refractivity contribution in [2.75, 3.05) is 25.0 Å². The number of likely N-dealkylation sites (tertiary alicyclic amines) is 1. The van der Waals surface area contributed by atoms with Crippen LogP contribution in [0.2, 0.25) is 0 Å². The number of hydrogen-bond acceptors (Lipinski definition) is 7. The molecule has 2 fully saturated rings. The Labute approximate surface area is 217 Å². The van der Waals surface area contributed by atoms with E-state index in [0.717, 1.165) is 17.1 Å². The summed E-state index contributed by atoms with van der Waals surface area (Å²) in [5.74, 6) is -2.65. The predicted octanol–water partition coefficient (Wildman–Crippen LogP) is 2.54. The Kier molecular flexibility index (Phi) is 6.82. The fraction of sp³-hybridized carbons (Fsp3) is 0.423. The number of ether oxygens (including phenoxy) is 1. The van der Waals surface area contributed by atoms with Gasteiger partial charge in [-0.25, -0.2) is 23.7 Å². The van der Waals surface area contributed by atoms with Gasteiger partial charge in [0.05, 0.1) is 12.2 Å². The first kappa shape index (κ1) is 25.7. The summed E-state index contributed by atoms with van der Waals surface area (Å²) < 4.78 is 36.9. The number of halogens is 2. The molecule has 3 atom stereocenters. The normalized spacial score (nSPS) is 22.1. The van der Waals surface area contributed by atoms with Crippen molar-refractivity contribution in [3.8, 4) is 17.0 Å². The third kappa shape index (κ3) is 5.21. The SMILES string of the molecule is Cc1cc(-c2cc(NC(=O)[C@@H]3C[C@H]3c3nccn3C)ncn2)ccc1O[C@H]1CCN(C(=O)CO)CC1(F)F. The average molecular weight is 527 g/mol. The number of nitrogens with zero attached hydrogens (tertiary/aromatic N) is 5. The summed E-state index contributed by atoms with van der Waals surface area (Å²) in [5, 5.41) is 11.8. The van der Waals surface area contributed by atoms with Crippen molar-refractivity contribution in [1.29, 1.82) is 0 Å². The first-order chi connectivity index (χ1) is 18.2. The van der Waals surface area contributed by atoms with E-state index in [0.29, 0.717) is 28.4 Å². The maximum Gasteiger partial charge on any atom is 0.301 e. The molecule has 2 aromatic heterocycles. The highest BCUT2D eigenvalue weighted by Crippen LogP contribution is 2.47. The number of benzene rings is 1. The summed E-state index contributed by atoms with van der Waals surface area (Å²) in [7, 11) is 1.90. The van der Waals surface area contributed by atoms with Crippen molar-refractivity contribution in [3.05, 3.63) is 54.4 Å². The van der Waals surface area contributed by atoms with Gasteiger partial charge in [-0.2, -0.15) is 0 Å². The number of hydrogen-bond donors (Lipinski definition) is 2. The van der Waals surface area contributed by atoms with Crippen LogP contribution in [0.5, 0.6) is 5.75 Å². The molecule has 0 spiro atoms. The van der Waals surface area contributed by atoms with Gasteiger partial charge in [-0.05, 0) is 37.1 Å². The second-order valence-electron chi connectivity index (χ2n) is 9.73. The molecule has 0 bridgehead atoms. The minimum atomic E-state index is -3.26. The number of alkyl halides is 2. The van der Waals surface area contributed by atoms with Crippen LogP contribution in [0.1, 0.15) is 30.1 Å². The summed E-state index contributed by atoms with van der Waals surface area (Å²) in [6.45, 7) is 0.224. The van der Waals surface area contributed by atoms with Crippen LogP contribution < -0.4 is 10.1 Å². The fourth-order valence-corrected chi connectivity index (χ4v) is 4.78. The van der Waals surface area contributed by atoms with E-state index in [1.807, 2.05) is 17.8 Å². The van der Waals surface area contributed by atoms with Crippen LogP contribution in [0, 0.1) is 12.8 Å². The van der Waals surface area contributed by atoms with Crippen LogP contribution in [0.4, 0.5) is 14.6 Å². The highest BCUT2D eigenvalue weighted by atomic mass is 19.3.